The van der Waals surface area contributed by atoms with E-state index in [-0.39, 0.29) is 11.7 Å². The maximum Gasteiger partial charge on any atom is 0.261 e. The minimum atomic E-state index is -0.253. The topological polar surface area (TPSA) is 59.0 Å². The fourth-order valence-electron chi connectivity index (χ4n) is 1.98. The van der Waals surface area contributed by atoms with Gasteiger partial charge in [0.2, 0.25) is 0 Å². The predicted octanol–water partition coefficient (Wildman–Crippen LogP) is 2.69. The van der Waals surface area contributed by atoms with Gasteiger partial charge in [-0.3, -0.25) is 4.79 Å². The highest BCUT2D eigenvalue weighted by Crippen LogP contribution is 2.27. The molecule has 0 saturated carbocycles. The summed E-state index contributed by atoms with van der Waals surface area (Å²) in [5.74, 6) is 0.886. The molecule has 0 radical (unpaired) electrons. The van der Waals surface area contributed by atoms with Crippen molar-refractivity contribution in [2.45, 2.75) is 0 Å². The van der Waals surface area contributed by atoms with Crippen molar-refractivity contribution in [2.24, 2.45) is 0 Å². The Hall–Kier alpha value is -2.69. The zero-order chi connectivity index (χ0) is 15.4. The average molecular weight is 287 g/mol. The number of phenolic OH excluding ortho intramolecular Hbond substituents is 1. The van der Waals surface area contributed by atoms with Gasteiger partial charge in [-0.1, -0.05) is 6.07 Å². The van der Waals surface area contributed by atoms with Crippen molar-refractivity contribution in [3.05, 3.63) is 48.0 Å². The largest absolute Gasteiger partial charge is 0.508 e. The molecule has 0 fully saturated rings. The van der Waals surface area contributed by atoms with E-state index in [1.165, 1.54) is 25.2 Å². The molecular formula is C16H17NO4. The molecule has 0 unspecified atom stereocenters. The standard InChI is InChI=1S/C16H17NO4/c1-17(11-5-4-6-12(18)9-11)16(19)14-10-13(20-2)7-8-15(14)21-3/h4-10,18H,1-3H3. The first kappa shape index (κ1) is 14.7. The molecule has 1 N–H and O–H groups in total. The van der Waals surface area contributed by atoms with Crippen LogP contribution in [0.25, 0.3) is 0 Å². The number of hydrogen-bond donors (Lipinski definition) is 1. The molecule has 0 bridgehead atoms. The zero-order valence-corrected chi connectivity index (χ0v) is 12.2. The number of rotatable bonds is 4. The van der Waals surface area contributed by atoms with Crippen molar-refractivity contribution in [1.82, 2.24) is 0 Å². The van der Waals surface area contributed by atoms with Gasteiger partial charge in [-0.15, -0.1) is 0 Å². The predicted molar refractivity (Wildman–Crippen MR) is 80.4 cm³/mol. The highest BCUT2D eigenvalue weighted by molar-refractivity contribution is 6.07. The maximum atomic E-state index is 12.6. The molecule has 0 saturated heterocycles. The Balaban J connectivity index is 2.39. The molecular weight excluding hydrogens is 270 g/mol. The lowest BCUT2D eigenvalue weighted by atomic mass is 10.1. The average Bonchev–Trinajstić information content (AvgIpc) is 2.52. The Morgan fingerprint density at radius 1 is 1.10 bits per heavy atom. The highest BCUT2D eigenvalue weighted by atomic mass is 16.5. The molecule has 5 nitrogen and oxygen atoms in total. The summed E-state index contributed by atoms with van der Waals surface area (Å²) >= 11 is 0. The molecule has 2 aromatic rings. The Morgan fingerprint density at radius 3 is 2.48 bits per heavy atom. The van der Waals surface area contributed by atoms with Crippen LogP contribution < -0.4 is 14.4 Å². The van der Waals surface area contributed by atoms with E-state index in [9.17, 15) is 9.90 Å². The lowest BCUT2D eigenvalue weighted by Gasteiger charge is -2.19. The number of carbonyl (C=O) groups excluding carboxylic acids is 1. The van der Waals surface area contributed by atoms with Gasteiger partial charge in [0, 0.05) is 18.8 Å². The van der Waals surface area contributed by atoms with Crippen LogP contribution in [0.2, 0.25) is 0 Å². The van der Waals surface area contributed by atoms with E-state index >= 15 is 0 Å². The van der Waals surface area contributed by atoms with Crippen molar-refractivity contribution in [2.75, 3.05) is 26.2 Å². The van der Waals surface area contributed by atoms with E-state index in [4.69, 9.17) is 9.47 Å². The molecule has 21 heavy (non-hydrogen) atoms. The Morgan fingerprint density at radius 2 is 1.86 bits per heavy atom. The van der Waals surface area contributed by atoms with Gasteiger partial charge in [0.25, 0.3) is 5.91 Å². The van der Waals surface area contributed by atoms with E-state index in [0.29, 0.717) is 22.7 Å². The Labute approximate surface area is 123 Å². The summed E-state index contributed by atoms with van der Waals surface area (Å²) in [6, 6.07) is 11.5. The van der Waals surface area contributed by atoms with Crippen LogP contribution in [0.5, 0.6) is 17.2 Å². The number of amides is 1. The normalized spacial score (nSPS) is 10.0. The number of ether oxygens (including phenoxy) is 2. The molecule has 0 heterocycles. The van der Waals surface area contributed by atoms with Crippen LogP contribution in [0, 0.1) is 0 Å². The molecule has 110 valence electrons. The lowest BCUT2D eigenvalue weighted by molar-refractivity contribution is 0.0989. The van der Waals surface area contributed by atoms with Crippen molar-refractivity contribution in [3.63, 3.8) is 0 Å². The lowest BCUT2D eigenvalue weighted by Crippen LogP contribution is -2.26. The summed E-state index contributed by atoms with van der Waals surface area (Å²) in [6.45, 7) is 0. The van der Waals surface area contributed by atoms with E-state index in [0.717, 1.165) is 0 Å². The molecule has 2 aromatic carbocycles. The summed E-state index contributed by atoms with van der Waals surface area (Å²) in [7, 11) is 4.68. The molecule has 2 rings (SSSR count). The third-order valence-corrected chi connectivity index (χ3v) is 3.16. The quantitative estimate of drug-likeness (QED) is 0.939. The highest BCUT2D eigenvalue weighted by Gasteiger charge is 2.19. The van der Waals surface area contributed by atoms with Gasteiger partial charge in [-0.2, -0.15) is 0 Å². The van der Waals surface area contributed by atoms with E-state index < -0.39 is 0 Å². The smallest absolute Gasteiger partial charge is 0.261 e. The van der Waals surface area contributed by atoms with Gasteiger partial charge in [0.1, 0.15) is 17.2 Å². The summed E-state index contributed by atoms with van der Waals surface area (Å²) in [5.41, 5.74) is 0.979. The SMILES string of the molecule is COc1ccc(OC)c(C(=O)N(C)c2cccc(O)c2)c1. The molecule has 0 spiro atoms. The van der Waals surface area contributed by atoms with Gasteiger partial charge in [0.15, 0.2) is 0 Å². The first-order chi connectivity index (χ1) is 10.1. The van der Waals surface area contributed by atoms with E-state index in [2.05, 4.69) is 0 Å². The second kappa shape index (κ2) is 6.17. The van der Waals surface area contributed by atoms with Crippen LogP contribution in [-0.4, -0.2) is 32.3 Å². The minimum absolute atomic E-state index is 0.102. The first-order valence-corrected chi connectivity index (χ1v) is 6.36. The van der Waals surface area contributed by atoms with Crippen molar-refractivity contribution in [1.29, 1.82) is 0 Å². The fourth-order valence-corrected chi connectivity index (χ4v) is 1.98. The summed E-state index contributed by atoms with van der Waals surface area (Å²) < 4.78 is 10.4. The number of carbonyl (C=O) groups is 1. The monoisotopic (exact) mass is 287 g/mol. The molecule has 0 aromatic heterocycles. The van der Waals surface area contributed by atoms with Crippen molar-refractivity contribution < 1.29 is 19.4 Å². The number of methoxy groups -OCH3 is 2. The Bertz CT molecular complexity index is 654. The molecule has 0 aliphatic carbocycles. The number of phenols is 1. The van der Waals surface area contributed by atoms with Gasteiger partial charge in [-0.05, 0) is 30.3 Å². The van der Waals surface area contributed by atoms with Crippen LogP contribution in [0.1, 0.15) is 10.4 Å². The van der Waals surface area contributed by atoms with Crippen LogP contribution >= 0.6 is 0 Å². The van der Waals surface area contributed by atoms with Gasteiger partial charge >= 0.3 is 0 Å². The van der Waals surface area contributed by atoms with E-state index in [1.807, 2.05) is 0 Å². The molecule has 0 aliphatic heterocycles. The molecule has 0 atom stereocenters. The van der Waals surface area contributed by atoms with Gasteiger partial charge < -0.3 is 19.5 Å². The second-order valence-electron chi connectivity index (χ2n) is 4.45. The zero-order valence-electron chi connectivity index (χ0n) is 12.2. The van der Waals surface area contributed by atoms with E-state index in [1.54, 1.807) is 43.4 Å². The number of aromatic hydroxyl groups is 1. The fraction of sp³-hybridized carbons (Fsp3) is 0.188. The van der Waals surface area contributed by atoms with Crippen LogP contribution in [-0.2, 0) is 0 Å². The molecule has 5 heteroatoms. The van der Waals surface area contributed by atoms with Gasteiger partial charge in [0.05, 0.1) is 19.8 Å². The first-order valence-electron chi connectivity index (χ1n) is 6.36. The molecule has 1 amide bonds. The molecule has 0 aliphatic rings. The van der Waals surface area contributed by atoms with Crippen molar-refractivity contribution >= 4 is 11.6 Å². The van der Waals surface area contributed by atoms with Crippen molar-refractivity contribution in [3.8, 4) is 17.2 Å². The summed E-state index contributed by atoms with van der Waals surface area (Å²) in [4.78, 5) is 14.1. The number of benzene rings is 2. The minimum Gasteiger partial charge on any atom is -0.508 e. The van der Waals surface area contributed by atoms with Gasteiger partial charge in [-0.25, -0.2) is 0 Å². The van der Waals surface area contributed by atoms with Crippen LogP contribution in [0.3, 0.4) is 0 Å². The maximum absolute atomic E-state index is 12.6. The summed E-state index contributed by atoms with van der Waals surface area (Å²) in [6.07, 6.45) is 0. The summed E-state index contributed by atoms with van der Waals surface area (Å²) in [5, 5.41) is 9.51. The van der Waals surface area contributed by atoms with Crippen LogP contribution in [0.4, 0.5) is 5.69 Å². The number of hydrogen-bond acceptors (Lipinski definition) is 4. The number of anilines is 1. The number of nitrogens with zero attached hydrogens (tertiary/aromatic N) is 1. The second-order valence-corrected chi connectivity index (χ2v) is 4.45. The van der Waals surface area contributed by atoms with Crippen LogP contribution in [0.15, 0.2) is 42.5 Å². The third-order valence-electron chi connectivity index (χ3n) is 3.16. The Kier molecular flexibility index (Phi) is 4.33. The third kappa shape index (κ3) is 3.08.